The number of carbonyl (C=O) groups is 1. The van der Waals surface area contributed by atoms with E-state index in [9.17, 15) is 31.5 Å². The lowest BCUT2D eigenvalue weighted by Crippen LogP contribution is -2.50. The molecule has 1 aromatic heterocycles. The number of aliphatic hydroxyl groups excluding tert-OH is 1. The average molecular weight is 757 g/mol. The summed E-state index contributed by atoms with van der Waals surface area (Å²) in [4.78, 5) is 18.2. The number of aromatic nitrogens is 1. The molecule has 1 amide bonds. The van der Waals surface area contributed by atoms with E-state index >= 15 is 0 Å². The minimum absolute atomic E-state index is 0.0349. The zero-order valence-corrected chi connectivity index (χ0v) is 29.5. The maximum atomic E-state index is 13.7. The van der Waals surface area contributed by atoms with Crippen LogP contribution in [-0.4, -0.2) is 68.6 Å². The number of hydrogen-bond donors (Lipinski definition) is 4. The van der Waals surface area contributed by atoms with Gasteiger partial charge >= 0.3 is 6.18 Å². The lowest BCUT2D eigenvalue weighted by atomic mass is 10.1. The van der Waals surface area contributed by atoms with E-state index in [0.717, 1.165) is 27.3 Å². The Morgan fingerprint density at radius 3 is 2.50 bits per heavy atom. The van der Waals surface area contributed by atoms with Crippen LogP contribution in [0.25, 0.3) is 0 Å². The molecule has 262 valence electrons. The Balaban J connectivity index is 1.54. The fourth-order valence-corrected chi connectivity index (χ4v) is 6.24. The predicted molar refractivity (Wildman–Crippen MR) is 183 cm³/mol. The van der Waals surface area contributed by atoms with Crippen molar-refractivity contribution in [2.75, 3.05) is 36.4 Å². The van der Waals surface area contributed by atoms with Gasteiger partial charge in [0.25, 0.3) is 5.91 Å². The molecule has 1 aliphatic carbocycles. The summed E-state index contributed by atoms with van der Waals surface area (Å²) in [5.41, 5.74) is -0.305. The predicted octanol–water partition coefficient (Wildman–Crippen LogP) is 5.43. The Labute approximate surface area is 287 Å². The van der Waals surface area contributed by atoms with Crippen molar-refractivity contribution in [2.45, 2.75) is 57.3 Å². The maximum Gasteiger partial charge on any atom is 0.416 e. The van der Waals surface area contributed by atoms with Crippen molar-refractivity contribution in [1.29, 1.82) is 0 Å². The summed E-state index contributed by atoms with van der Waals surface area (Å²) in [7, 11) is -2.39. The number of benzene rings is 2. The number of carbonyl (C=O) groups excluding carboxylic acids is 1. The molecule has 0 aliphatic heterocycles. The summed E-state index contributed by atoms with van der Waals surface area (Å²) < 4.78 is 73.1. The largest absolute Gasteiger partial charge is 0.491 e. The van der Waals surface area contributed by atoms with E-state index in [1.54, 1.807) is 32.0 Å². The standard InChI is InChI=1S/C33H41BrF3N5O5S/c1-20(2)48(45,46)42(4)31-14-23(13-30(41-31)39-17-24-11-21(24)3)32(44)40-28(19-47-27-10-6-9-26(34)15-27)29(43)18-38-16-22-7-5-8-25(12-22)33(35,36)37/h5-10,12-15,20-21,24,28-29,38,43H,11,16-19H2,1-4H3,(H,39,41)(H,40,44)/t21-,24+,28-,29+/m0/s1. The molecule has 1 heterocycles. The van der Waals surface area contributed by atoms with E-state index in [1.165, 1.54) is 31.3 Å². The molecule has 10 nitrogen and oxygen atoms in total. The smallest absolute Gasteiger partial charge is 0.416 e. The van der Waals surface area contributed by atoms with Gasteiger partial charge in [0.1, 0.15) is 24.0 Å². The van der Waals surface area contributed by atoms with E-state index in [1.807, 2.05) is 6.07 Å². The van der Waals surface area contributed by atoms with Crippen molar-refractivity contribution >= 4 is 43.5 Å². The topological polar surface area (TPSA) is 133 Å². The first-order valence-corrected chi connectivity index (χ1v) is 17.8. The number of halogens is 4. The van der Waals surface area contributed by atoms with Crippen molar-refractivity contribution in [3.05, 3.63) is 81.8 Å². The Kier molecular flexibility index (Phi) is 12.4. The number of nitrogens with one attached hydrogen (secondary N) is 3. The fraction of sp³-hybridized carbons (Fsp3) is 0.455. The van der Waals surface area contributed by atoms with E-state index < -0.39 is 45.1 Å². The summed E-state index contributed by atoms with van der Waals surface area (Å²) in [6.07, 6.45) is -4.66. The molecule has 0 bridgehead atoms. The lowest BCUT2D eigenvalue weighted by molar-refractivity contribution is -0.137. The third-order valence-corrected chi connectivity index (χ3v) is 10.8. The molecule has 0 saturated heterocycles. The molecular weight excluding hydrogens is 715 g/mol. The first-order valence-electron chi connectivity index (χ1n) is 15.5. The van der Waals surface area contributed by atoms with Crippen LogP contribution in [-0.2, 0) is 22.7 Å². The van der Waals surface area contributed by atoms with Crippen molar-refractivity contribution in [3.63, 3.8) is 0 Å². The van der Waals surface area contributed by atoms with Crippen molar-refractivity contribution in [1.82, 2.24) is 15.6 Å². The number of pyridine rings is 1. The van der Waals surface area contributed by atoms with Gasteiger partial charge in [0, 0.05) is 36.7 Å². The molecule has 1 saturated carbocycles. The van der Waals surface area contributed by atoms with Crippen LogP contribution >= 0.6 is 15.9 Å². The number of alkyl halides is 3. The van der Waals surface area contributed by atoms with Crippen molar-refractivity contribution in [2.24, 2.45) is 11.8 Å². The lowest BCUT2D eigenvalue weighted by Gasteiger charge is -2.26. The number of anilines is 2. The molecule has 15 heteroatoms. The zero-order valence-electron chi connectivity index (χ0n) is 27.1. The number of rotatable bonds is 16. The molecule has 0 unspecified atom stereocenters. The SMILES string of the molecule is CC(C)S(=O)(=O)N(C)c1cc(C(=O)N[C@@H](COc2cccc(Br)c2)[C@H](O)CNCc2cccc(C(F)(F)F)c2)cc(NC[C@H]2C[C@@H]2C)n1. The normalized spacial score (nSPS) is 17.5. The van der Waals surface area contributed by atoms with Crippen LogP contribution in [0.2, 0.25) is 0 Å². The number of ether oxygens (including phenoxy) is 1. The molecule has 4 N–H and O–H groups in total. The van der Waals surface area contributed by atoms with Gasteiger partial charge in [-0.15, -0.1) is 0 Å². The van der Waals surface area contributed by atoms with Gasteiger partial charge in [0.15, 0.2) is 0 Å². The van der Waals surface area contributed by atoms with Crippen LogP contribution in [0.15, 0.2) is 65.1 Å². The minimum Gasteiger partial charge on any atom is -0.491 e. The molecule has 0 radical (unpaired) electrons. The highest BCUT2D eigenvalue weighted by Crippen LogP contribution is 2.37. The fourth-order valence-electron chi connectivity index (χ4n) is 4.87. The van der Waals surface area contributed by atoms with Crippen molar-refractivity contribution in [3.8, 4) is 5.75 Å². The van der Waals surface area contributed by atoms with Crippen LogP contribution in [0, 0.1) is 11.8 Å². The molecule has 4 rings (SSSR count). The molecule has 0 spiro atoms. The number of hydrogen-bond acceptors (Lipinski definition) is 8. The Hall–Kier alpha value is -3.40. The first kappa shape index (κ1) is 37.4. The van der Waals surface area contributed by atoms with Gasteiger partial charge in [-0.3, -0.25) is 9.10 Å². The van der Waals surface area contributed by atoms with Gasteiger partial charge in [-0.1, -0.05) is 47.1 Å². The second-order valence-electron chi connectivity index (χ2n) is 12.3. The van der Waals surface area contributed by atoms with Gasteiger partial charge < -0.3 is 25.8 Å². The average Bonchev–Trinajstić information content (AvgIpc) is 3.75. The van der Waals surface area contributed by atoms with Gasteiger partial charge in [-0.25, -0.2) is 13.4 Å². The van der Waals surface area contributed by atoms with Crippen LogP contribution in [0.1, 0.15) is 48.7 Å². The number of amides is 1. The van der Waals surface area contributed by atoms with Crippen LogP contribution in [0.3, 0.4) is 0 Å². The van der Waals surface area contributed by atoms with E-state index in [-0.39, 0.29) is 31.1 Å². The molecule has 3 aromatic rings. The van der Waals surface area contributed by atoms with Gasteiger partial charge in [-0.2, -0.15) is 13.2 Å². The summed E-state index contributed by atoms with van der Waals surface area (Å²) in [5.74, 6) is 1.24. The molecular formula is C33H41BrF3N5O5S. The second kappa shape index (κ2) is 15.9. The molecule has 2 aromatic carbocycles. The van der Waals surface area contributed by atoms with E-state index in [4.69, 9.17) is 4.74 Å². The molecule has 1 fully saturated rings. The minimum atomic E-state index is -4.49. The third-order valence-electron chi connectivity index (χ3n) is 8.14. The zero-order chi connectivity index (χ0) is 35.2. The van der Waals surface area contributed by atoms with Gasteiger partial charge in [0.2, 0.25) is 10.0 Å². The highest BCUT2D eigenvalue weighted by molar-refractivity contribution is 9.10. The molecule has 1 aliphatic rings. The Morgan fingerprint density at radius 1 is 1.15 bits per heavy atom. The van der Waals surface area contributed by atoms with Crippen molar-refractivity contribution < 1.29 is 36.2 Å². The summed E-state index contributed by atoms with van der Waals surface area (Å²) in [6.45, 7) is 5.63. The van der Waals surface area contributed by atoms with Crippen LogP contribution in [0.4, 0.5) is 24.8 Å². The Bertz CT molecular complexity index is 1680. The molecule has 48 heavy (non-hydrogen) atoms. The van der Waals surface area contributed by atoms with Crippen LogP contribution < -0.4 is 25.0 Å². The number of sulfonamides is 1. The second-order valence-corrected chi connectivity index (χ2v) is 15.7. The summed E-state index contributed by atoms with van der Waals surface area (Å²) in [6, 6.07) is 13.8. The first-order chi connectivity index (χ1) is 22.5. The third kappa shape index (κ3) is 10.3. The highest BCUT2D eigenvalue weighted by Gasteiger charge is 2.33. The number of nitrogens with zero attached hydrogens (tertiary/aromatic N) is 2. The maximum absolute atomic E-state index is 13.7. The highest BCUT2D eigenvalue weighted by atomic mass is 79.9. The quantitative estimate of drug-likeness (QED) is 0.152. The summed E-state index contributed by atoms with van der Waals surface area (Å²) >= 11 is 3.38. The number of aliphatic hydroxyl groups is 1. The van der Waals surface area contributed by atoms with E-state index in [0.29, 0.717) is 35.5 Å². The Morgan fingerprint density at radius 2 is 1.85 bits per heavy atom. The monoisotopic (exact) mass is 755 g/mol. The molecule has 4 atom stereocenters. The van der Waals surface area contributed by atoms with Gasteiger partial charge in [0.05, 0.1) is 23.0 Å². The summed E-state index contributed by atoms with van der Waals surface area (Å²) in [5, 5.41) is 19.4. The van der Waals surface area contributed by atoms with Crippen LogP contribution in [0.5, 0.6) is 5.75 Å². The van der Waals surface area contributed by atoms with Gasteiger partial charge in [-0.05, 0) is 74.1 Å². The van der Waals surface area contributed by atoms with E-state index in [2.05, 4.69) is 43.8 Å².